The molecule has 0 aromatic rings. The molecule has 280 valence electrons. The summed E-state index contributed by atoms with van der Waals surface area (Å²) in [5, 5.41) is 33.3. The van der Waals surface area contributed by atoms with E-state index in [1.165, 1.54) is 161 Å². The molecule has 0 aliphatic rings. The van der Waals surface area contributed by atoms with Gasteiger partial charge in [0.1, 0.15) is 0 Å². The predicted molar refractivity (Wildman–Crippen MR) is 204 cm³/mol. The van der Waals surface area contributed by atoms with Gasteiger partial charge >= 0.3 is 0 Å². The van der Waals surface area contributed by atoms with Crippen molar-refractivity contribution in [3.63, 3.8) is 0 Å². The predicted octanol–water partition coefficient (Wildman–Crippen LogP) is 11.7. The Morgan fingerprint density at radius 1 is 0.511 bits per heavy atom. The third-order valence-corrected chi connectivity index (χ3v) is 9.83. The first-order valence-corrected chi connectivity index (χ1v) is 21.0. The van der Waals surface area contributed by atoms with Gasteiger partial charge in [0.05, 0.1) is 31.3 Å². The van der Waals surface area contributed by atoms with Crippen LogP contribution in [0.25, 0.3) is 0 Å². The second kappa shape index (κ2) is 37.9. The van der Waals surface area contributed by atoms with E-state index < -0.39 is 18.2 Å². The average molecular weight is 666 g/mol. The van der Waals surface area contributed by atoms with Gasteiger partial charge in [0.25, 0.3) is 0 Å². The summed E-state index contributed by atoms with van der Waals surface area (Å²) < 4.78 is 0. The molecular formula is C42H83NO4. The molecule has 47 heavy (non-hydrogen) atoms. The summed E-state index contributed by atoms with van der Waals surface area (Å²) in [5.41, 5.74) is 0. The number of aliphatic hydroxyl groups excluding tert-OH is 3. The molecule has 0 heterocycles. The molecule has 4 N–H and O–H groups in total. The number of carbonyl (C=O) groups is 1. The molecule has 3 atom stereocenters. The highest BCUT2D eigenvalue weighted by Gasteiger charge is 2.21. The van der Waals surface area contributed by atoms with Crippen LogP contribution in [0.3, 0.4) is 0 Å². The van der Waals surface area contributed by atoms with Gasteiger partial charge in [-0.1, -0.05) is 193 Å². The Balaban J connectivity index is 3.61. The highest BCUT2D eigenvalue weighted by atomic mass is 16.3. The molecule has 0 aliphatic carbocycles. The molecule has 1 amide bonds. The minimum Gasteiger partial charge on any atom is -0.394 e. The van der Waals surface area contributed by atoms with Crippen molar-refractivity contribution >= 4 is 5.91 Å². The van der Waals surface area contributed by atoms with Gasteiger partial charge in [-0.3, -0.25) is 4.79 Å². The SMILES string of the molecule is CCCCCC/C=C\CCCCCCCC(O)CC(=O)NC(CO)C(O)CCCCCCCCCCCCCCCCCCCCC. The van der Waals surface area contributed by atoms with Gasteiger partial charge in [-0.25, -0.2) is 0 Å². The average Bonchev–Trinajstić information content (AvgIpc) is 3.06. The topological polar surface area (TPSA) is 89.8 Å². The molecule has 0 aromatic heterocycles. The van der Waals surface area contributed by atoms with E-state index in [9.17, 15) is 20.1 Å². The highest BCUT2D eigenvalue weighted by molar-refractivity contribution is 5.76. The minimum atomic E-state index is -0.747. The summed E-state index contributed by atoms with van der Waals surface area (Å²) in [4.78, 5) is 12.4. The van der Waals surface area contributed by atoms with Crippen LogP contribution in [0.5, 0.6) is 0 Å². The Morgan fingerprint density at radius 2 is 0.851 bits per heavy atom. The normalized spacial score (nSPS) is 13.7. The van der Waals surface area contributed by atoms with Crippen molar-refractivity contribution in [2.75, 3.05) is 6.61 Å². The number of rotatable bonds is 38. The molecule has 0 radical (unpaired) electrons. The van der Waals surface area contributed by atoms with Crippen molar-refractivity contribution in [2.45, 2.75) is 244 Å². The molecule has 0 aromatic carbocycles. The van der Waals surface area contributed by atoms with E-state index in [1.54, 1.807) is 0 Å². The molecule has 0 bridgehead atoms. The van der Waals surface area contributed by atoms with Crippen LogP contribution in [-0.4, -0.2) is 46.1 Å². The maximum atomic E-state index is 12.4. The van der Waals surface area contributed by atoms with E-state index in [0.29, 0.717) is 12.8 Å². The van der Waals surface area contributed by atoms with Gasteiger partial charge in [-0.2, -0.15) is 0 Å². The first kappa shape index (κ1) is 46.1. The third-order valence-electron chi connectivity index (χ3n) is 9.83. The second-order valence-electron chi connectivity index (χ2n) is 14.6. The Kier molecular flexibility index (Phi) is 37.2. The molecule has 5 nitrogen and oxygen atoms in total. The quantitative estimate of drug-likeness (QED) is 0.0390. The molecule has 3 unspecified atom stereocenters. The molecule has 0 spiro atoms. The highest BCUT2D eigenvalue weighted by Crippen LogP contribution is 2.16. The van der Waals surface area contributed by atoms with Gasteiger partial charge in [0.2, 0.25) is 5.91 Å². The van der Waals surface area contributed by atoms with Crippen molar-refractivity contribution in [3.8, 4) is 0 Å². The van der Waals surface area contributed by atoms with Crippen LogP contribution in [0.15, 0.2) is 12.2 Å². The Labute approximate surface area is 293 Å². The standard InChI is InChI=1S/C42H83NO4/c1-3-5-7-9-11-13-15-17-18-19-20-21-22-24-26-28-30-32-34-36-41(46)40(38-44)43-42(47)37-39(45)35-33-31-29-27-25-23-16-14-12-10-8-6-4-2/h14,16,39-41,44-46H,3-13,15,17-38H2,1-2H3,(H,43,47)/b16-14-. The number of carbonyl (C=O) groups excluding carboxylic acids is 1. The monoisotopic (exact) mass is 666 g/mol. The van der Waals surface area contributed by atoms with Crippen LogP contribution in [0.4, 0.5) is 0 Å². The number of unbranched alkanes of at least 4 members (excludes halogenated alkanes) is 27. The summed E-state index contributed by atoms with van der Waals surface area (Å²) in [6.07, 6.45) is 43.1. The second-order valence-corrected chi connectivity index (χ2v) is 14.6. The first-order valence-electron chi connectivity index (χ1n) is 21.0. The van der Waals surface area contributed by atoms with Crippen molar-refractivity contribution < 1.29 is 20.1 Å². The summed E-state index contributed by atoms with van der Waals surface area (Å²) >= 11 is 0. The summed E-state index contributed by atoms with van der Waals surface area (Å²) in [6.45, 7) is 4.25. The number of amides is 1. The largest absolute Gasteiger partial charge is 0.394 e. The molecule has 0 saturated heterocycles. The fraction of sp³-hybridized carbons (Fsp3) is 0.929. The van der Waals surface area contributed by atoms with Crippen molar-refractivity contribution in [2.24, 2.45) is 0 Å². The maximum Gasteiger partial charge on any atom is 0.222 e. The number of aliphatic hydroxyl groups is 3. The Morgan fingerprint density at radius 3 is 1.26 bits per heavy atom. The number of hydrogen-bond acceptors (Lipinski definition) is 4. The third kappa shape index (κ3) is 34.7. The Bertz CT molecular complexity index is 655. The van der Waals surface area contributed by atoms with Gasteiger partial charge < -0.3 is 20.6 Å². The zero-order chi connectivity index (χ0) is 34.5. The number of allylic oxidation sites excluding steroid dienone is 2. The lowest BCUT2D eigenvalue weighted by Crippen LogP contribution is -2.46. The van der Waals surface area contributed by atoms with Crippen LogP contribution in [0, 0.1) is 0 Å². The van der Waals surface area contributed by atoms with E-state index in [1.807, 2.05) is 0 Å². The van der Waals surface area contributed by atoms with Gasteiger partial charge in [0.15, 0.2) is 0 Å². The lowest BCUT2D eigenvalue weighted by atomic mass is 10.0. The minimum absolute atomic E-state index is 0.0333. The van der Waals surface area contributed by atoms with Crippen molar-refractivity contribution in [1.29, 1.82) is 0 Å². The summed E-state index contributed by atoms with van der Waals surface area (Å²) in [6, 6.07) is -0.657. The Hall–Kier alpha value is -0.910. The maximum absolute atomic E-state index is 12.4. The van der Waals surface area contributed by atoms with E-state index in [0.717, 1.165) is 32.1 Å². The van der Waals surface area contributed by atoms with E-state index in [4.69, 9.17) is 0 Å². The van der Waals surface area contributed by atoms with Crippen molar-refractivity contribution in [1.82, 2.24) is 5.32 Å². The number of nitrogens with one attached hydrogen (secondary N) is 1. The van der Waals surface area contributed by atoms with Crippen LogP contribution in [0.2, 0.25) is 0 Å². The summed E-state index contributed by atoms with van der Waals surface area (Å²) in [5.74, 6) is -0.287. The lowest BCUT2D eigenvalue weighted by molar-refractivity contribution is -0.125. The van der Waals surface area contributed by atoms with Gasteiger partial charge in [-0.15, -0.1) is 0 Å². The van der Waals surface area contributed by atoms with E-state index in [-0.39, 0.29) is 18.9 Å². The molecule has 0 fully saturated rings. The molecule has 0 rings (SSSR count). The molecule has 0 saturated carbocycles. The summed E-state index contributed by atoms with van der Waals surface area (Å²) in [7, 11) is 0. The van der Waals surface area contributed by atoms with Crippen LogP contribution in [-0.2, 0) is 4.79 Å². The molecule has 0 aliphatic heterocycles. The van der Waals surface area contributed by atoms with Gasteiger partial charge in [0, 0.05) is 0 Å². The molecule has 5 heteroatoms. The lowest BCUT2D eigenvalue weighted by Gasteiger charge is -2.23. The fourth-order valence-corrected chi connectivity index (χ4v) is 6.58. The van der Waals surface area contributed by atoms with E-state index >= 15 is 0 Å². The zero-order valence-corrected chi connectivity index (χ0v) is 31.7. The smallest absolute Gasteiger partial charge is 0.222 e. The van der Waals surface area contributed by atoms with Crippen LogP contribution in [0.1, 0.15) is 226 Å². The van der Waals surface area contributed by atoms with E-state index in [2.05, 4.69) is 31.3 Å². The number of hydrogen-bond donors (Lipinski definition) is 4. The first-order chi connectivity index (χ1) is 23.0. The van der Waals surface area contributed by atoms with Gasteiger partial charge in [-0.05, 0) is 38.5 Å². The molecular weight excluding hydrogens is 582 g/mol. The van der Waals surface area contributed by atoms with Crippen LogP contribution < -0.4 is 5.32 Å². The fourth-order valence-electron chi connectivity index (χ4n) is 6.58. The van der Waals surface area contributed by atoms with Crippen LogP contribution >= 0.6 is 0 Å². The van der Waals surface area contributed by atoms with Crippen molar-refractivity contribution in [3.05, 3.63) is 12.2 Å². The zero-order valence-electron chi connectivity index (χ0n) is 31.7.